The van der Waals surface area contributed by atoms with Crippen LogP contribution in [-0.4, -0.2) is 23.2 Å². The molecular formula is C12H18N2O. The van der Waals surface area contributed by atoms with Gasteiger partial charge in [0.05, 0.1) is 18.5 Å². The molecular weight excluding hydrogens is 188 g/mol. The van der Waals surface area contributed by atoms with Gasteiger partial charge in [-0.05, 0) is 24.8 Å². The van der Waals surface area contributed by atoms with Crippen LogP contribution >= 0.6 is 0 Å². The van der Waals surface area contributed by atoms with Crippen LogP contribution in [0.25, 0.3) is 0 Å². The Hall–Kier alpha value is -1.09. The van der Waals surface area contributed by atoms with Gasteiger partial charge in [-0.25, -0.2) is 0 Å². The van der Waals surface area contributed by atoms with E-state index in [0.29, 0.717) is 0 Å². The van der Waals surface area contributed by atoms with Crippen molar-refractivity contribution in [1.82, 2.24) is 4.98 Å². The molecule has 0 aromatic carbocycles. The number of hydrogen-bond acceptors (Lipinski definition) is 3. The SMILES string of the molecule is CC1CCCN(c2cnccc2CO)C1. The molecule has 1 unspecified atom stereocenters. The predicted octanol–water partition coefficient (Wildman–Crippen LogP) is 1.81. The summed E-state index contributed by atoms with van der Waals surface area (Å²) in [5, 5.41) is 9.26. The average Bonchev–Trinajstić information content (AvgIpc) is 2.29. The first-order valence-corrected chi connectivity index (χ1v) is 5.60. The highest BCUT2D eigenvalue weighted by molar-refractivity contribution is 5.51. The van der Waals surface area contributed by atoms with Crippen molar-refractivity contribution in [2.75, 3.05) is 18.0 Å². The number of hydrogen-bond donors (Lipinski definition) is 1. The molecule has 3 nitrogen and oxygen atoms in total. The first kappa shape index (κ1) is 10.4. The van der Waals surface area contributed by atoms with Gasteiger partial charge in [0.15, 0.2) is 0 Å². The van der Waals surface area contributed by atoms with Crippen LogP contribution in [0.3, 0.4) is 0 Å². The van der Waals surface area contributed by atoms with E-state index < -0.39 is 0 Å². The lowest BCUT2D eigenvalue weighted by atomic mass is 9.99. The first-order chi connectivity index (χ1) is 7.31. The molecule has 1 aliphatic rings. The Morgan fingerprint density at radius 1 is 1.60 bits per heavy atom. The normalized spacial score (nSPS) is 21.7. The van der Waals surface area contributed by atoms with Crippen molar-refractivity contribution >= 4 is 5.69 Å². The van der Waals surface area contributed by atoms with Gasteiger partial charge >= 0.3 is 0 Å². The van der Waals surface area contributed by atoms with Gasteiger partial charge in [0, 0.05) is 24.8 Å². The molecule has 0 radical (unpaired) electrons. The van der Waals surface area contributed by atoms with E-state index in [9.17, 15) is 5.11 Å². The van der Waals surface area contributed by atoms with E-state index in [2.05, 4.69) is 16.8 Å². The quantitative estimate of drug-likeness (QED) is 0.801. The molecule has 15 heavy (non-hydrogen) atoms. The summed E-state index contributed by atoms with van der Waals surface area (Å²) in [6, 6.07) is 1.90. The third-order valence-electron chi connectivity index (χ3n) is 3.06. The van der Waals surface area contributed by atoms with Crippen LogP contribution in [0.4, 0.5) is 5.69 Å². The Balaban J connectivity index is 2.20. The topological polar surface area (TPSA) is 36.4 Å². The molecule has 2 rings (SSSR count). The Kier molecular flexibility index (Phi) is 3.21. The largest absolute Gasteiger partial charge is 0.392 e. The molecule has 1 N–H and O–H groups in total. The maximum absolute atomic E-state index is 9.26. The second kappa shape index (κ2) is 4.62. The third-order valence-corrected chi connectivity index (χ3v) is 3.06. The lowest BCUT2D eigenvalue weighted by Crippen LogP contribution is -2.34. The molecule has 0 saturated carbocycles. The molecule has 1 atom stereocenters. The summed E-state index contributed by atoms with van der Waals surface area (Å²) in [5.74, 6) is 0.741. The molecule has 0 aliphatic carbocycles. The van der Waals surface area contributed by atoms with Crippen molar-refractivity contribution in [2.45, 2.75) is 26.4 Å². The van der Waals surface area contributed by atoms with Gasteiger partial charge in [-0.15, -0.1) is 0 Å². The second-order valence-corrected chi connectivity index (χ2v) is 4.36. The first-order valence-electron chi connectivity index (χ1n) is 5.60. The predicted molar refractivity (Wildman–Crippen MR) is 60.8 cm³/mol. The number of anilines is 1. The standard InChI is InChI=1S/C12H18N2O/c1-10-3-2-6-14(8-10)12-7-13-5-4-11(12)9-15/h4-5,7,10,15H,2-3,6,8-9H2,1H3. The molecule has 1 aromatic rings. The number of rotatable bonds is 2. The fraction of sp³-hybridized carbons (Fsp3) is 0.583. The van der Waals surface area contributed by atoms with Crippen LogP contribution in [0.1, 0.15) is 25.3 Å². The van der Waals surface area contributed by atoms with Crippen molar-refractivity contribution in [3.05, 3.63) is 24.0 Å². The molecule has 0 bridgehead atoms. The molecule has 1 fully saturated rings. The van der Waals surface area contributed by atoms with Gasteiger partial charge in [-0.1, -0.05) is 6.92 Å². The van der Waals surface area contributed by atoms with E-state index in [0.717, 1.165) is 30.3 Å². The summed E-state index contributed by atoms with van der Waals surface area (Å²) in [7, 11) is 0. The number of aliphatic hydroxyl groups is 1. The van der Waals surface area contributed by atoms with Crippen LogP contribution in [-0.2, 0) is 6.61 Å². The third kappa shape index (κ3) is 2.29. The minimum Gasteiger partial charge on any atom is -0.392 e. The second-order valence-electron chi connectivity index (χ2n) is 4.36. The molecule has 1 aromatic heterocycles. The zero-order valence-corrected chi connectivity index (χ0v) is 9.19. The van der Waals surface area contributed by atoms with Crippen LogP contribution < -0.4 is 4.90 Å². The van der Waals surface area contributed by atoms with E-state index in [1.807, 2.05) is 12.3 Å². The van der Waals surface area contributed by atoms with Crippen LogP contribution in [0, 0.1) is 5.92 Å². The smallest absolute Gasteiger partial charge is 0.0703 e. The summed E-state index contributed by atoms with van der Waals surface area (Å²) in [4.78, 5) is 6.48. The monoisotopic (exact) mass is 206 g/mol. The molecule has 3 heteroatoms. The van der Waals surface area contributed by atoms with Crippen molar-refractivity contribution in [2.24, 2.45) is 5.92 Å². The zero-order valence-electron chi connectivity index (χ0n) is 9.19. The Morgan fingerprint density at radius 3 is 3.20 bits per heavy atom. The number of pyridine rings is 1. The van der Waals surface area contributed by atoms with E-state index >= 15 is 0 Å². The summed E-state index contributed by atoms with van der Waals surface area (Å²) < 4.78 is 0. The molecule has 1 aliphatic heterocycles. The van der Waals surface area contributed by atoms with E-state index in [1.54, 1.807) is 6.20 Å². The summed E-state index contributed by atoms with van der Waals surface area (Å²) in [6.45, 7) is 4.55. The Morgan fingerprint density at radius 2 is 2.47 bits per heavy atom. The van der Waals surface area contributed by atoms with Crippen molar-refractivity contribution in [1.29, 1.82) is 0 Å². The van der Waals surface area contributed by atoms with Crippen molar-refractivity contribution in [3.8, 4) is 0 Å². The van der Waals surface area contributed by atoms with Crippen LogP contribution in [0.15, 0.2) is 18.5 Å². The summed E-state index contributed by atoms with van der Waals surface area (Å²) >= 11 is 0. The lowest BCUT2D eigenvalue weighted by Gasteiger charge is -2.33. The number of piperidine rings is 1. The number of nitrogens with zero attached hydrogens (tertiary/aromatic N) is 2. The lowest BCUT2D eigenvalue weighted by molar-refractivity contribution is 0.281. The van der Waals surface area contributed by atoms with Crippen molar-refractivity contribution < 1.29 is 5.11 Å². The minimum absolute atomic E-state index is 0.0999. The molecule has 2 heterocycles. The van der Waals surface area contributed by atoms with Gasteiger partial charge in [0.2, 0.25) is 0 Å². The van der Waals surface area contributed by atoms with E-state index in [-0.39, 0.29) is 6.61 Å². The van der Waals surface area contributed by atoms with Gasteiger partial charge in [-0.3, -0.25) is 4.98 Å². The Labute approximate surface area is 90.8 Å². The number of aromatic nitrogens is 1. The minimum atomic E-state index is 0.0999. The van der Waals surface area contributed by atoms with Crippen LogP contribution in [0.5, 0.6) is 0 Å². The number of aliphatic hydroxyl groups excluding tert-OH is 1. The van der Waals surface area contributed by atoms with Crippen LogP contribution in [0.2, 0.25) is 0 Å². The molecule has 82 valence electrons. The molecule has 0 spiro atoms. The maximum Gasteiger partial charge on any atom is 0.0703 e. The highest BCUT2D eigenvalue weighted by atomic mass is 16.3. The Bertz CT molecular complexity index is 327. The fourth-order valence-corrected chi connectivity index (χ4v) is 2.24. The van der Waals surface area contributed by atoms with Gasteiger partial charge < -0.3 is 10.0 Å². The summed E-state index contributed by atoms with van der Waals surface area (Å²) in [5.41, 5.74) is 2.09. The molecule has 1 saturated heterocycles. The molecule has 0 amide bonds. The van der Waals surface area contributed by atoms with E-state index in [1.165, 1.54) is 12.8 Å². The summed E-state index contributed by atoms with van der Waals surface area (Å²) in [6.07, 6.45) is 6.15. The maximum atomic E-state index is 9.26. The average molecular weight is 206 g/mol. The van der Waals surface area contributed by atoms with Gasteiger partial charge in [0.1, 0.15) is 0 Å². The van der Waals surface area contributed by atoms with Gasteiger partial charge in [-0.2, -0.15) is 0 Å². The zero-order chi connectivity index (χ0) is 10.7. The van der Waals surface area contributed by atoms with E-state index in [4.69, 9.17) is 0 Å². The highest BCUT2D eigenvalue weighted by Gasteiger charge is 2.18. The van der Waals surface area contributed by atoms with Gasteiger partial charge in [0.25, 0.3) is 0 Å². The van der Waals surface area contributed by atoms with Crippen molar-refractivity contribution in [3.63, 3.8) is 0 Å². The highest BCUT2D eigenvalue weighted by Crippen LogP contribution is 2.25. The fourth-order valence-electron chi connectivity index (χ4n) is 2.24.